The van der Waals surface area contributed by atoms with Crippen LogP contribution in [0, 0.1) is 11.3 Å². The van der Waals surface area contributed by atoms with E-state index in [9.17, 15) is 9.59 Å². The molecule has 2 amide bonds. The molecule has 1 fully saturated rings. The Bertz CT molecular complexity index is 727. The second-order valence-corrected chi connectivity index (χ2v) is 7.48. The van der Waals surface area contributed by atoms with Crippen LogP contribution in [-0.2, 0) is 9.59 Å². The van der Waals surface area contributed by atoms with Crippen molar-refractivity contribution in [3.8, 4) is 17.6 Å². The van der Waals surface area contributed by atoms with Crippen LogP contribution in [0.2, 0.25) is 0 Å². The maximum atomic E-state index is 12.0. The van der Waals surface area contributed by atoms with Gasteiger partial charge in [0.05, 0.1) is 22.7 Å². The van der Waals surface area contributed by atoms with Crippen molar-refractivity contribution < 1.29 is 19.1 Å². The summed E-state index contributed by atoms with van der Waals surface area (Å²) in [5, 5.41) is 14.7. The first kappa shape index (κ1) is 22.0. The van der Waals surface area contributed by atoms with E-state index in [2.05, 4.69) is 26.6 Å². The van der Waals surface area contributed by atoms with Crippen LogP contribution in [0.1, 0.15) is 51.0 Å². The summed E-state index contributed by atoms with van der Waals surface area (Å²) in [5.74, 6) is 0.393. The average molecular weight is 452 g/mol. The number of nitriles is 1. The van der Waals surface area contributed by atoms with Crippen LogP contribution in [0.5, 0.6) is 11.5 Å². The van der Waals surface area contributed by atoms with Gasteiger partial charge in [-0.05, 0) is 41.8 Å². The second kappa shape index (κ2) is 11.5. The number of halogens is 1. The zero-order valence-electron chi connectivity index (χ0n) is 16.1. The minimum Gasteiger partial charge on any atom is -0.490 e. The van der Waals surface area contributed by atoms with Gasteiger partial charge in [-0.25, -0.2) is 0 Å². The Morgan fingerprint density at radius 2 is 1.96 bits per heavy atom. The monoisotopic (exact) mass is 451 g/mol. The molecule has 0 bridgehead atoms. The lowest BCUT2D eigenvalue weighted by Crippen LogP contribution is -2.38. The van der Waals surface area contributed by atoms with Crippen LogP contribution < -0.4 is 20.1 Å². The molecular formula is C20H26BrN3O4. The zero-order valence-corrected chi connectivity index (χ0v) is 17.6. The third kappa shape index (κ3) is 7.04. The largest absolute Gasteiger partial charge is 0.490 e. The van der Waals surface area contributed by atoms with Crippen molar-refractivity contribution >= 4 is 27.7 Å². The smallest absolute Gasteiger partial charge is 0.257 e. The van der Waals surface area contributed by atoms with Crippen molar-refractivity contribution in [2.24, 2.45) is 0 Å². The van der Waals surface area contributed by atoms with Gasteiger partial charge in [-0.2, -0.15) is 5.26 Å². The lowest BCUT2D eigenvalue weighted by Gasteiger charge is -2.22. The summed E-state index contributed by atoms with van der Waals surface area (Å²) in [6.07, 6.45) is 5.87. The van der Waals surface area contributed by atoms with E-state index < -0.39 is 0 Å². The Labute approximate surface area is 173 Å². The first-order chi connectivity index (χ1) is 13.5. The van der Waals surface area contributed by atoms with Gasteiger partial charge in [0.1, 0.15) is 0 Å². The third-order valence-electron chi connectivity index (χ3n) is 4.43. The summed E-state index contributed by atoms with van der Waals surface area (Å²) >= 11 is 3.34. The molecule has 0 aromatic heterocycles. The van der Waals surface area contributed by atoms with Gasteiger partial charge in [0, 0.05) is 25.1 Å². The first-order valence-corrected chi connectivity index (χ1v) is 10.4. The molecule has 0 atom stereocenters. The van der Waals surface area contributed by atoms with E-state index in [4.69, 9.17) is 14.7 Å². The van der Waals surface area contributed by atoms with Crippen LogP contribution in [0.4, 0.5) is 0 Å². The van der Waals surface area contributed by atoms with Crippen LogP contribution in [0.25, 0.3) is 0 Å². The fraction of sp³-hybridized carbons (Fsp3) is 0.550. The molecule has 152 valence electrons. The number of hydrogen-bond donors (Lipinski definition) is 2. The molecule has 1 aliphatic rings. The molecule has 0 heterocycles. The van der Waals surface area contributed by atoms with Gasteiger partial charge in [-0.3, -0.25) is 9.59 Å². The number of ether oxygens (including phenoxy) is 2. The number of hydrogen-bond acceptors (Lipinski definition) is 5. The van der Waals surface area contributed by atoms with Gasteiger partial charge < -0.3 is 20.1 Å². The minimum atomic E-state index is -0.329. The van der Waals surface area contributed by atoms with Crippen molar-refractivity contribution in [2.45, 2.75) is 51.5 Å². The number of amides is 2. The molecule has 28 heavy (non-hydrogen) atoms. The standard InChI is InChI=1S/C20H26BrN3O4/c1-2-27-17-11-14(12-22)10-16(21)20(17)28-13-19(26)23-9-8-18(25)24-15-6-4-3-5-7-15/h10-11,15H,2-9,13H2,1H3,(H,23,26)(H,24,25). The predicted molar refractivity (Wildman–Crippen MR) is 108 cm³/mol. The molecule has 2 rings (SSSR count). The first-order valence-electron chi connectivity index (χ1n) is 9.58. The number of rotatable bonds is 9. The van der Waals surface area contributed by atoms with E-state index in [1.807, 2.05) is 13.0 Å². The lowest BCUT2D eigenvalue weighted by atomic mass is 9.95. The molecule has 7 nitrogen and oxygen atoms in total. The Morgan fingerprint density at radius 1 is 1.21 bits per heavy atom. The van der Waals surface area contributed by atoms with E-state index in [1.54, 1.807) is 12.1 Å². The topological polar surface area (TPSA) is 100 Å². The van der Waals surface area contributed by atoms with Gasteiger partial charge in [-0.15, -0.1) is 0 Å². The highest BCUT2D eigenvalue weighted by Crippen LogP contribution is 2.36. The second-order valence-electron chi connectivity index (χ2n) is 6.62. The lowest BCUT2D eigenvalue weighted by molar-refractivity contribution is -0.124. The number of carbonyl (C=O) groups is 2. The quantitative estimate of drug-likeness (QED) is 0.600. The molecule has 0 spiro atoms. The molecule has 1 saturated carbocycles. The van der Waals surface area contributed by atoms with Crippen LogP contribution >= 0.6 is 15.9 Å². The zero-order chi connectivity index (χ0) is 20.4. The number of nitrogens with zero attached hydrogens (tertiary/aromatic N) is 1. The molecule has 0 unspecified atom stereocenters. The SMILES string of the molecule is CCOc1cc(C#N)cc(Br)c1OCC(=O)NCCC(=O)NC1CCCCC1. The van der Waals surface area contributed by atoms with Crippen molar-refractivity contribution in [1.29, 1.82) is 5.26 Å². The third-order valence-corrected chi connectivity index (χ3v) is 5.02. The van der Waals surface area contributed by atoms with E-state index >= 15 is 0 Å². The van der Waals surface area contributed by atoms with Crippen molar-refractivity contribution in [2.75, 3.05) is 19.8 Å². The number of nitrogens with one attached hydrogen (secondary N) is 2. The van der Waals surface area contributed by atoms with Crippen LogP contribution in [0.15, 0.2) is 16.6 Å². The molecule has 0 saturated heterocycles. The fourth-order valence-corrected chi connectivity index (χ4v) is 3.64. The summed E-state index contributed by atoms with van der Waals surface area (Å²) < 4.78 is 11.6. The maximum absolute atomic E-state index is 12.0. The number of carbonyl (C=O) groups excluding carboxylic acids is 2. The van der Waals surface area contributed by atoms with Crippen molar-refractivity contribution in [3.63, 3.8) is 0 Å². The summed E-state index contributed by atoms with van der Waals surface area (Å²) in [6.45, 7) is 2.27. The molecular weight excluding hydrogens is 426 g/mol. The highest BCUT2D eigenvalue weighted by molar-refractivity contribution is 9.10. The summed E-state index contributed by atoms with van der Waals surface area (Å²) in [5.41, 5.74) is 0.427. The van der Waals surface area contributed by atoms with Gasteiger partial charge in [0.25, 0.3) is 5.91 Å². The highest BCUT2D eigenvalue weighted by Gasteiger charge is 2.16. The summed E-state index contributed by atoms with van der Waals surface area (Å²) in [6, 6.07) is 5.48. The number of benzene rings is 1. The van der Waals surface area contributed by atoms with Crippen molar-refractivity contribution in [1.82, 2.24) is 10.6 Å². The summed E-state index contributed by atoms with van der Waals surface area (Å²) in [7, 11) is 0. The molecule has 8 heteroatoms. The predicted octanol–water partition coefficient (Wildman–Crippen LogP) is 3.05. The van der Waals surface area contributed by atoms with Gasteiger partial charge in [0.15, 0.2) is 18.1 Å². The molecule has 1 aliphatic carbocycles. The maximum Gasteiger partial charge on any atom is 0.257 e. The average Bonchev–Trinajstić information content (AvgIpc) is 2.68. The van der Waals surface area contributed by atoms with Crippen LogP contribution in [0.3, 0.4) is 0 Å². The van der Waals surface area contributed by atoms with Gasteiger partial charge in [-0.1, -0.05) is 19.3 Å². The van der Waals surface area contributed by atoms with E-state index in [0.717, 1.165) is 25.7 Å². The Morgan fingerprint density at radius 3 is 2.64 bits per heavy atom. The molecule has 1 aromatic rings. The van der Waals surface area contributed by atoms with Crippen molar-refractivity contribution in [3.05, 3.63) is 22.2 Å². The molecule has 0 aliphatic heterocycles. The Balaban J connectivity index is 1.76. The normalized spacial score (nSPS) is 14.0. The summed E-state index contributed by atoms with van der Waals surface area (Å²) in [4.78, 5) is 24.0. The van der Waals surface area contributed by atoms with Gasteiger partial charge in [0.2, 0.25) is 5.91 Å². The Kier molecular flexibility index (Phi) is 9.08. The van der Waals surface area contributed by atoms with E-state index in [-0.39, 0.29) is 37.4 Å². The molecule has 2 N–H and O–H groups in total. The van der Waals surface area contributed by atoms with Gasteiger partial charge >= 0.3 is 0 Å². The van der Waals surface area contributed by atoms with Crippen LogP contribution in [-0.4, -0.2) is 37.6 Å². The van der Waals surface area contributed by atoms with E-state index in [0.29, 0.717) is 28.1 Å². The minimum absolute atomic E-state index is 0.0402. The Hall–Kier alpha value is -2.27. The van der Waals surface area contributed by atoms with E-state index in [1.165, 1.54) is 6.42 Å². The highest BCUT2D eigenvalue weighted by atomic mass is 79.9. The molecule has 0 radical (unpaired) electrons. The fourth-order valence-electron chi connectivity index (χ4n) is 3.09. The molecule has 1 aromatic carbocycles.